The third-order valence-electron chi connectivity index (χ3n) is 4.25. The van der Waals surface area contributed by atoms with Crippen LogP contribution in [0.2, 0.25) is 0 Å². The molecule has 0 spiro atoms. The van der Waals surface area contributed by atoms with E-state index in [4.69, 9.17) is 9.47 Å². The quantitative estimate of drug-likeness (QED) is 0.325. The Hall–Kier alpha value is -1.77. The van der Waals surface area contributed by atoms with Gasteiger partial charge in [0.15, 0.2) is 6.29 Å². The van der Waals surface area contributed by atoms with E-state index in [-0.39, 0.29) is 0 Å². The van der Waals surface area contributed by atoms with Gasteiger partial charge >= 0.3 is 0 Å². The summed E-state index contributed by atoms with van der Waals surface area (Å²) in [5, 5.41) is 0. The predicted molar refractivity (Wildman–Crippen MR) is 101 cm³/mol. The van der Waals surface area contributed by atoms with E-state index in [9.17, 15) is 4.79 Å². The summed E-state index contributed by atoms with van der Waals surface area (Å²) in [6, 6.07) is 3.53. The standard InChI is InChI=1S/C21H32O3/c1-4-5-6-7-8-9-10-11-12-13-14-19-20(23-2)16-15-18(17-22)21(19)24-3/h13-17H,4-12H2,1-3H3/b14-13+. The summed E-state index contributed by atoms with van der Waals surface area (Å²) in [4.78, 5) is 11.1. The number of unbranched alkanes of at least 4 members (excludes halogenated alkanes) is 8. The number of hydrogen-bond acceptors (Lipinski definition) is 3. The van der Waals surface area contributed by atoms with E-state index >= 15 is 0 Å². The molecule has 1 rings (SSSR count). The fourth-order valence-electron chi connectivity index (χ4n) is 2.85. The number of methoxy groups -OCH3 is 2. The summed E-state index contributed by atoms with van der Waals surface area (Å²) in [7, 11) is 3.21. The number of carbonyl (C=O) groups excluding carboxylic acids is 1. The van der Waals surface area contributed by atoms with E-state index in [0.29, 0.717) is 11.3 Å². The molecular formula is C21H32O3. The lowest BCUT2D eigenvalue weighted by atomic mass is 10.1. The van der Waals surface area contributed by atoms with Gasteiger partial charge in [0.1, 0.15) is 11.5 Å². The zero-order valence-electron chi connectivity index (χ0n) is 15.5. The summed E-state index contributed by atoms with van der Waals surface area (Å²) in [6.07, 6.45) is 16.6. The molecule has 0 N–H and O–H groups in total. The van der Waals surface area contributed by atoms with Gasteiger partial charge < -0.3 is 9.47 Å². The number of hydrogen-bond donors (Lipinski definition) is 0. The normalized spacial score (nSPS) is 11.0. The van der Waals surface area contributed by atoms with Gasteiger partial charge in [-0.15, -0.1) is 0 Å². The minimum absolute atomic E-state index is 0.546. The Morgan fingerprint density at radius 3 is 2.17 bits per heavy atom. The van der Waals surface area contributed by atoms with Crippen LogP contribution in [0.3, 0.4) is 0 Å². The van der Waals surface area contributed by atoms with Gasteiger partial charge in [0.2, 0.25) is 0 Å². The van der Waals surface area contributed by atoms with Crippen molar-refractivity contribution in [2.75, 3.05) is 14.2 Å². The summed E-state index contributed by atoms with van der Waals surface area (Å²) in [6.45, 7) is 2.25. The maximum atomic E-state index is 11.1. The van der Waals surface area contributed by atoms with Gasteiger partial charge in [0.05, 0.1) is 25.3 Å². The van der Waals surface area contributed by atoms with Crippen LogP contribution >= 0.6 is 0 Å². The molecule has 0 radical (unpaired) electrons. The molecule has 0 aliphatic rings. The number of aldehydes is 1. The molecule has 3 nitrogen and oxygen atoms in total. The first-order valence-electron chi connectivity index (χ1n) is 9.15. The summed E-state index contributed by atoms with van der Waals surface area (Å²) in [5.41, 5.74) is 1.38. The van der Waals surface area contributed by atoms with Crippen molar-refractivity contribution in [3.8, 4) is 11.5 Å². The van der Waals surface area contributed by atoms with E-state index in [2.05, 4.69) is 13.0 Å². The van der Waals surface area contributed by atoms with E-state index in [1.165, 1.54) is 51.4 Å². The molecule has 0 unspecified atom stereocenters. The highest BCUT2D eigenvalue weighted by Gasteiger charge is 2.11. The molecule has 24 heavy (non-hydrogen) atoms. The first kappa shape index (κ1) is 20.3. The Morgan fingerprint density at radius 1 is 0.917 bits per heavy atom. The van der Waals surface area contributed by atoms with Gasteiger partial charge in [0.25, 0.3) is 0 Å². The second-order valence-electron chi connectivity index (χ2n) is 6.09. The van der Waals surface area contributed by atoms with Crippen molar-refractivity contribution < 1.29 is 14.3 Å². The highest BCUT2D eigenvalue weighted by molar-refractivity contribution is 5.84. The van der Waals surface area contributed by atoms with Gasteiger partial charge in [-0.2, -0.15) is 0 Å². The predicted octanol–water partition coefficient (Wildman–Crippen LogP) is 6.06. The number of allylic oxidation sites excluding steroid dienone is 1. The second kappa shape index (κ2) is 12.6. The minimum Gasteiger partial charge on any atom is -0.496 e. The molecule has 0 saturated heterocycles. The average Bonchev–Trinajstić information content (AvgIpc) is 2.62. The third-order valence-corrected chi connectivity index (χ3v) is 4.25. The van der Waals surface area contributed by atoms with E-state index in [1.807, 2.05) is 12.1 Å². The first-order valence-corrected chi connectivity index (χ1v) is 9.15. The molecule has 0 aliphatic heterocycles. The molecule has 134 valence electrons. The van der Waals surface area contributed by atoms with Gasteiger partial charge in [-0.25, -0.2) is 0 Å². The van der Waals surface area contributed by atoms with Crippen molar-refractivity contribution in [3.05, 3.63) is 29.3 Å². The Balaban J connectivity index is 2.45. The Labute approximate surface area is 147 Å². The Kier molecular flexibility index (Phi) is 10.7. The number of carbonyl (C=O) groups is 1. The molecule has 0 bridgehead atoms. The van der Waals surface area contributed by atoms with Crippen LogP contribution in [-0.2, 0) is 0 Å². The van der Waals surface area contributed by atoms with Crippen LogP contribution in [-0.4, -0.2) is 20.5 Å². The molecule has 1 aromatic carbocycles. The lowest BCUT2D eigenvalue weighted by molar-refractivity contribution is 0.112. The van der Waals surface area contributed by atoms with Crippen molar-refractivity contribution in [1.82, 2.24) is 0 Å². The fraction of sp³-hybridized carbons (Fsp3) is 0.571. The molecule has 0 aliphatic carbocycles. The summed E-state index contributed by atoms with van der Waals surface area (Å²) in [5.74, 6) is 1.31. The largest absolute Gasteiger partial charge is 0.496 e. The maximum Gasteiger partial charge on any atom is 0.153 e. The zero-order valence-corrected chi connectivity index (χ0v) is 15.5. The summed E-state index contributed by atoms with van der Waals surface area (Å²) >= 11 is 0. The van der Waals surface area contributed by atoms with Gasteiger partial charge in [-0.1, -0.05) is 64.0 Å². The van der Waals surface area contributed by atoms with Crippen LogP contribution in [0.5, 0.6) is 11.5 Å². The maximum absolute atomic E-state index is 11.1. The topological polar surface area (TPSA) is 35.5 Å². The van der Waals surface area contributed by atoms with Crippen LogP contribution in [0.15, 0.2) is 18.2 Å². The monoisotopic (exact) mass is 332 g/mol. The van der Waals surface area contributed by atoms with E-state index in [0.717, 1.165) is 24.0 Å². The van der Waals surface area contributed by atoms with Gasteiger partial charge in [0, 0.05) is 0 Å². The highest BCUT2D eigenvalue weighted by Crippen LogP contribution is 2.32. The third kappa shape index (κ3) is 6.77. The lowest BCUT2D eigenvalue weighted by Crippen LogP contribution is -1.96. The zero-order chi connectivity index (χ0) is 17.6. The molecule has 0 amide bonds. The van der Waals surface area contributed by atoms with Gasteiger partial charge in [-0.3, -0.25) is 4.79 Å². The molecule has 0 fully saturated rings. The Bertz CT molecular complexity index is 506. The van der Waals surface area contributed by atoms with Crippen LogP contribution in [0.4, 0.5) is 0 Å². The van der Waals surface area contributed by atoms with E-state index in [1.54, 1.807) is 20.3 Å². The molecule has 1 aromatic rings. The van der Waals surface area contributed by atoms with Crippen LogP contribution in [0.1, 0.15) is 80.6 Å². The SMILES string of the molecule is CCCCCCCCCC/C=C/c1c(OC)ccc(C=O)c1OC. The second-order valence-corrected chi connectivity index (χ2v) is 6.09. The van der Waals surface area contributed by atoms with Crippen molar-refractivity contribution in [1.29, 1.82) is 0 Å². The first-order chi connectivity index (χ1) is 11.8. The fourth-order valence-corrected chi connectivity index (χ4v) is 2.85. The van der Waals surface area contributed by atoms with Crippen LogP contribution in [0.25, 0.3) is 6.08 Å². The van der Waals surface area contributed by atoms with Crippen molar-refractivity contribution in [3.63, 3.8) is 0 Å². The Morgan fingerprint density at radius 2 is 1.58 bits per heavy atom. The molecule has 0 aromatic heterocycles. The minimum atomic E-state index is 0.546. The smallest absolute Gasteiger partial charge is 0.153 e. The van der Waals surface area contributed by atoms with Crippen molar-refractivity contribution in [2.24, 2.45) is 0 Å². The highest BCUT2D eigenvalue weighted by atomic mass is 16.5. The number of rotatable bonds is 13. The van der Waals surface area contributed by atoms with Gasteiger partial charge in [-0.05, 0) is 25.0 Å². The van der Waals surface area contributed by atoms with Crippen molar-refractivity contribution in [2.45, 2.75) is 64.7 Å². The number of ether oxygens (including phenoxy) is 2. The molecule has 0 atom stereocenters. The summed E-state index contributed by atoms with van der Waals surface area (Å²) < 4.78 is 10.8. The lowest BCUT2D eigenvalue weighted by Gasteiger charge is -2.12. The molecule has 0 saturated carbocycles. The molecule has 0 heterocycles. The van der Waals surface area contributed by atoms with Crippen molar-refractivity contribution >= 4 is 12.4 Å². The number of benzene rings is 1. The molecule has 3 heteroatoms. The average molecular weight is 332 g/mol. The van der Waals surface area contributed by atoms with Crippen LogP contribution < -0.4 is 9.47 Å². The molecular weight excluding hydrogens is 300 g/mol. The van der Waals surface area contributed by atoms with E-state index < -0.39 is 0 Å². The van der Waals surface area contributed by atoms with Crippen LogP contribution in [0, 0.1) is 0 Å².